The molecule has 2 heterocycles. The van der Waals surface area contributed by atoms with Crippen LogP contribution in [0.15, 0.2) is 29.3 Å². The maximum Gasteiger partial charge on any atom is 0.229 e. The molecule has 0 spiro atoms. The molecule has 1 aromatic rings. The van der Waals surface area contributed by atoms with E-state index in [1.165, 1.54) is 0 Å². The Morgan fingerprint density at radius 3 is 2.68 bits per heavy atom. The summed E-state index contributed by atoms with van der Waals surface area (Å²) < 4.78 is 68.7. The van der Waals surface area contributed by atoms with Crippen LogP contribution in [0.4, 0.5) is 13.2 Å². The van der Waals surface area contributed by atoms with Gasteiger partial charge in [0, 0.05) is 48.8 Å². The molecule has 0 amide bonds. The number of imidazole rings is 1. The SMILES string of the molecule is CS(=O)(=O)NC1=Cc2nc3n(c2CC1)CC(N)[C@@H](C1CC(F)=C(F)C=C1F)C3. The van der Waals surface area contributed by atoms with E-state index < -0.39 is 45.4 Å². The molecule has 2 aliphatic carbocycles. The smallest absolute Gasteiger partial charge is 0.229 e. The number of halogens is 3. The zero-order valence-electron chi connectivity index (χ0n) is 15.3. The molecule has 0 saturated carbocycles. The third-order valence-electron chi connectivity index (χ3n) is 5.60. The van der Waals surface area contributed by atoms with Gasteiger partial charge in [-0.25, -0.2) is 26.6 Å². The first kappa shape index (κ1) is 19.3. The second kappa shape index (κ2) is 6.77. The van der Waals surface area contributed by atoms with Crippen LogP contribution < -0.4 is 10.5 Å². The van der Waals surface area contributed by atoms with E-state index in [1.807, 2.05) is 4.57 Å². The Kier molecular flexibility index (Phi) is 4.65. The molecule has 0 fully saturated rings. The molecule has 0 aromatic carbocycles. The minimum absolute atomic E-state index is 0.338. The van der Waals surface area contributed by atoms with Gasteiger partial charge in [0.15, 0.2) is 5.83 Å². The van der Waals surface area contributed by atoms with E-state index in [9.17, 15) is 21.6 Å². The molecular formula is C18H21F3N4O2S. The van der Waals surface area contributed by atoms with Crippen molar-refractivity contribution in [3.05, 3.63) is 46.5 Å². The molecule has 1 aliphatic heterocycles. The highest BCUT2D eigenvalue weighted by atomic mass is 32.2. The fourth-order valence-electron chi connectivity index (χ4n) is 4.32. The molecule has 3 aliphatic rings. The summed E-state index contributed by atoms with van der Waals surface area (Å²) in [6, 6.07) is -0.427. The zero-order valence-corrected chi connectivity index (χ0v) is 16.1. The maximum atomic E-state index is 14.3. The van der Waals surface area contributed by atoms with Gasteiger partial charge in [0.2, 0.25) is 10.0 Å². The van der Waals surface area contributed by atoms with E-state index in [0.29, 0.717) is 49.1 Å². The topological polar surface area (TPSA) is 90.0 Å². The van der Waals surface area contributed by atoms with E-state index in [-0.39, 0.29) is 6.42 Å². The second-order valence-corrected chi connectivity index (χ2v) is 9.39. The van der Waals surface area contributed by atoms with Crippen LogP contribution in [0.25, 0.3) is 6.08 Å². The van der Waals surface area contributed by atoms with Gasteiger partial charge in [0.05, 0.1) is 11.9 Å². The summed E-state index contributed by atoms with van der Waals surface area (Å²) in [5.74, 6) is -3.31. The van der Waals surface area contributed by atoms with Crippen molar-refractivity contribution in [3.63, 3.8) is 0 Å². The van der Waals surface area contributed by atoms with Gasteiger partial charge >= 0.3 is 0 Å². The molecule has 2 unspecified atom stereocenters. The molecule has 1 aromatic heterocycles. The van der Waals surface area contributed by atoms with Gasteiger partial charge in [-0.3, -0.25) is 4.72 Å². The van der Waals surface area contributed by atoms with Gasteiger partial charge in [-0.05, 0) is 24.8 Å². The third-order valence-corrected chi connectivity index (χ3v) is 6.23. The fourth-order valence-corrected chi connectivity index (χ4v) is 4.95. The Labute approximate surface area is 161 Å². The van der Waals surface area contributed by atoms with Crippen LogP contribution in [-0.4, -0.2) is 30.3 Å². The third kappa shape index (κ3) is 3.50. The zero-order chi connectivity index (χ0) is 20.2. The van der Waals surface area contributed by atoms with E-state index in [4.69, 9.17) is 5.73 Å². The second-order valence-electron chi connectivity index (χ2n) is 7.64. The van der Waals surface area contributed by atoms with Crippen molar-refractivity contribution in [1.29, 1.82) is 0 Å². The number of sulfonamides is 1. The number of hydrogen-bond donors (Lipinski definition) is 2. The minimum Gasteiger partial charge on any atom is -0.330 e. The summed E-state index contributed by atoms with van der Waals surface area (Å²) in [6.07, 6.45) is 4.53. The van der Waals surface area contributed by atoms with Gasteiger partial charge < -0.3 is 10.3 Å². The van der Waals surface area contributed by atoms with Crippen LogP contribution in [0.2, 0.25) is 0 Å². The molecule has 0 bridgehead atoms. The Hall–Kier alpha value is -2.07. The molecule has 4 rings (SSSR count). The number of allylic oxidation sites excluding steroid dienone is 5. The van der Waals surface area contributed by atoms with Crippen molar-refractivity contribution in [2.75, 3.05) is 6.26 Å². The monoisotopic (exact) mass is 414 g/mol. The highest BCUT2D eigenvalue weighted by Crippen LogP contribution is 2.41. The summed E-state index contributed by atoms with van der Waals surface area (Å²) in [6.45, 7) is 0.405. The molecule has 0 saturated heterocycles. The van der Waals surface area contributed by atoms with Crippen molar-refractivity contribution in [2.24, 2.45) is 17.6 Å². The number of nitrogens with two attached hydrogens (primary N) is 1. The molecule has 10 heteroatoms. The predicted octanol–water partition coefficient (Wildman–Crippen LogP) is 2.24. The van der Waals surface area contributed by atoms with Gasteiger partial charge in [-0.2, -0.15) is 0 Å². The Balaban J connectivity index is 1.61. The van der Waals surface area contributed by atoms with Crippen molar-refractivity contribution < 1.29 is 21.6 Å². The average Bonchev–Trinajstić information content (AvgIpc) is 2.92. The molecule has 152 valence electrons. The highest BCUT2D eigenvalue weighted by molar-refractivity contribution is 7.88. The summed E-state index contributed by atoms with van der Waals surface area (Å²) in [5, 5.41) is 0. The lowest BCUT2D eigenvalue weighted by molar-refractivity contribution is 0.214. The standard InChI is InChI=1S/C18H21F3N4O2S/c1-28(26,27)24-9-2-3-17-16(4-9)23-18-6-11(15(22)8-25(17)18)10-5-13(20)14(21)7-12(10)19/h4,7,10-11,15,24H,2-3,5-6,8,22H2,1H3/t10?,11-,15?/m1/s1. The molecule has 3 atom stereocenters. The van der Waals surface area contributed by atoms with Crippen LogP contribution >= 0.6 is 0 Å². The van der Waals surface area contributed by atoms with Gasteiger partial charge in [0.1, 0.15) is 17.5 Å². The lowest BCUT2D eigenvalue weighted by Crippen LogP contribution is -2.45. The molecule has 3 N–H and O–H groups in total. The van der Waals surface area contributed by atoms with Crippen LogP contribution in [0, 0.1) is 11.8 Å². The van der Waals surface area contributed by atoms with Gasteiger partial charge in [-0.1, -0.05) is 0 Å². The van der Waals surface area contributed by atoms with Crippen LogP contribution in [-0.2, 0) is 29.4 Å². The number of hydrogen-bond acceptors (Lipinski definition) is 4. The van der Waals surface area contributed by atoms with Gasteiger partial charge in [-0.15, -0.1) is 0 Å². The van der Waals surface area contributed by atoms with E-state index in [2.05, 4.69) is 9.71 Å². The van der Waals surface area contributed by atoms with Crippen LogP contribution in [0.1, 0.15) is 30.1 Å². The summed E-state index contributed by atoms with van der Waals surface area (Å²) in [7, 11) is -3.37. The van der Waals surface area contributed by atoms with Crippen molar-refractivity contribution in [1.82, 2.24) is 14.3 Å². The van der Waals surface area contributed by atoms with Crippen molar-refractivity contribution in [3.8, 4) is 0 Å². The first-order valence-corrected chi connectivity index (χ1v) is 10.9. The van der Waals surface area contributed by atoms with E-state index in [1.54, 1.807) is 6.08 Å². The summed E-state index contributed by atoms with van der Waals surface area (Å²) in [5.41, 5.74) is 8.48. The van der Waals surface area contributed by atoms with E-state index >= 15 is 0 Å². The normalized spacial score (nSPS) is 27.7. The Morgan fingerprint density at radius 1 is 1.21 bits per heavy atom. The summed E-state index contributed by atoms with van der Waals surface area (Å²) in [4.78, 5) is 4.58. The number of nitrogens with one attached hydrogen (secondary N) is 1. The van der Waals surface area contributed by atoms with Gasteiger partial charge in [0.25, 0.3) is 0 Å². The highest BCUT2D eigenvalue weighted by Gasteiger charge is 2.39. The Morgan fingerprint density at radius 2 is 1.96 bits per heavy atom. The molecule has 0 radical (unpaired) electrons. The lowest BCUT2D eigenvalue weighted by atomic mass is 9.77. The molecular weight excluding hydrogens is 393 g/mol. The average molecular weight is 414 g/mol. The first-order valence-electron chi connectivity index (χ1n) is 9.06. The lowest BCUT2D eigenvalue weighted by Gasteiger charge is -2.36. The van der Waals surface area contributed by atoms with Crippen molar-refractivity contribution in [2.45, 2.75) is 38.3 Å². The molecule has 28 heavy (non-hydrogen) atoms. The minimum atomic E-state index is -3.37. The first-order chi connectivity index (χ1) is 13.1. The predicted molar refractivity (Wildman–Crippen MR) is 98.2 cm³/mol. The quantitative estimate of drug-likeness (QED) is 0.794. The van der Waals surface area contributed by atoms with E-state index in [0.717, 1.165) is 11.9 Å². The van der Waals surface area contributed by atoms with Crippen molar-refractivity contribution >= 4 is 16.1 Å². The Bertz CT molecular complexity index is 1030. The largest absolute Gasteiger partial charge is 0.330 e. The maximum absolute atomic E-state index is 14.3. The van der Waals surface area contributed by atoms with Crippen LogP contribution in [0.5, 0.6) is 0 Å². The number of rotatable bonds is 3. The number of aromatic nitrogens is 2. The number of fused-ring (bicyclic) bond motifs is 3. The summed E-state index contributed by atoms with van der Waals surface area (Å²) >= 11 is 0. The van der Waals surface area contributed by atoms with Crippen LogP contribution in [0.3, 0.4) is 0 Å². The fraction of sp³-hybridized carbons (Fsp3) is 0.500. The number of nitrogens with zero attached hydrogens (tertiary/aromatic N) is 2. The molecule has 6 nitrogen and oxygen atoms in total.